The van der Waals surface area contributed by atoms with Gasteiger partial charge in [-0.15, -0.1) is 0 Å². The van der Waals surface area contributed by atoms with Crippen LogP contribution < -0.4 is 11.5 Å². The van der Waals surface area contributed by atoms with Crippen LogP contribution >= 0.6 is 0 Å². The molecule has 0 heterocycles. The molecule has 0 saturated heterocycles. The van der Waals surface area contributed by atoms with Gasteiger partial charge in [0.2, 0.25) is 0 Å². The first-order chi connectivity index (χ1) is 12.6. The predicted molar refractivity (Wildman–Crippen MR) is 98.2 cm³/mol. The number of esters is 2. The van der Waals surface area contributed by atoms with Gasteiger partial charge in [0.15, 0.2) is 0 Å². The summed E-state index contributed by atoms with van der Waals surface area (Å²) in [6, 6.07) is 17.4. The lowest BCUT2D eigenvalue weighted by Gasteiger charge is -2.13. The zero-order valence-corrected chi connectivity index (χ0v) is 14.5. The van der Waals surface area contributed by atoms with Crippen LogP contribution in [0.15, 0.2) is 60.7 Å². The monoisotopic (exact) mass is 356 g/mol. The molecule has 0 fully saturated rings. The van der Waals surface area contributed by atoms with Gasteiger partial charge in [0.1, 0.15) is 25.3 Å². The third-order valence-electron chi connectivity index (χ3n) is 3.77. The van der Waals surface area contributed by atoms with Crippen molar-refractivity contribution in [1.82, 2.24) is 0 Å². The molecule has 0 aliphatic carbocycles. The molecule has 6 nitrogen and oxygen atoms in total. The first-order valence-electron chi connectivity index (χ1n) is 8.48. The number of hydrogen-bond donors (Lipinski definition) is 2. The van der Waals surface area contributed by atoms with E-state index in [-0.39, 0.29) is 13.2 Å². The quantitative estimate of drug-likeness (QED) is 0.517. The van der Waals surface area contributed by atoms with Crippen LogP contribution in [-0.4, -0.2) is 37.2 Å². The van der Waals surface area contributed by atoms with E-state index >= 15 is 0 Å². The van der Waals surface area contributed by atoms with Crippen molar-refractivity contribution >= 4 is 11.9 Å². The molecule has 2 unspecified atom stereocenters. The summed E-state index contributed by atoms with van der Waals surface area (Å²) in [5.74, 6) is -1.06. The van der Waals surface area contributed by atoms with E-state index in [1.165, 1.54) is 0 Å². The summed E-state index contributed by atoms with van der Waals surface area (Å²) in [4.78, 5) is 23.7. The summed E-state index contributed by atoms with van der Waals surface area (Å²) in [5, 5.41) is 0. The molecule has 0 amide bonds. The van der Waals surface area contributed by atoms with Crippen LogP contribution in [0.1, 0.15) is 11.1 Å². The summed E-state index contributed by atoms with van der Waals surface area (Å²) in [6.45, 7) is -0.101. The van der Waals surface area contributed by atoms with Crippen molar-refractivity contribution < 1.29 is 19.1 Å². The molecule has 138 valence electrons. The van der Waals surface area contributed by atoms with Crippen LogP contribution in [0.4, 0.5) is 0 Å². The van der Waals surface area contributed by atoms with E-state index in [0.29, 0.717) is 12.8 Å². The largest absolute Gasteiger partial charge is 0.461 e. The molecule has 0 spiro atoms. The van der Waals surface area contributed by atoms with Crippen molar-refractivity contribution in [3.63, 3.8) is 0 Å². The molecule has 6 heteroatoms. The molecule has 2 atom stereocenters. The van der Waals surface area contributed by atoms with Crippen molar-refractivity contribution in [2.24, 2.45) is 11.5 Å². The Kier molecular flexibility index (Phi) is 7.79. The van der Waals surface area contributed by atoms with E-state index in [0.717, 1.165) is 11.1 Å². The first kappa shape index (κ1) is 19.6. The minimum Gasteiger partial charge on any atom is -0.461 e. The van der Waals surface area contributed by atoms with Crippen molar-refractivity contribution in [2.75, 3.05) is 13.2 Å². The number of benzene rings is 2. The van der Waals surface area contributed by atoms with Gasteiger partial charge in [-0.3, -0.25) is 9.59 Å². The summed E-state index contributed by atoms with van der Waals surface area (Å²) in [6.07, 6.45) is 0.781. The minimum absolute atomic E-state index is 0.0505. The molecule has 0 aliphatic rings. The van der Waals surface area contributed by atoms with E-state index in [1.807, 2.05) is 60.7 Å². The number of ether oxygens (including phenoxy) is 2. The van der Waals surface area contributed by atoms with Crippen molar-refractivity contribution in [3.05, 3.63) is 71.8 Å². The lowest BCUT2D eigenvalue weighted by molar-refractivity contribution is -0.153. The lowest BCUT2D eigenvalue weighted by atomic mass is 10.1. The normalized spacial score (nSPS) is 12.8. The zero-order chi connectivity index (χ0) is 18.8. The average Bonchev–Trinajstić information content (AvgIpc) is 2.66. The Balaban J connectivity index is 1.64. The van der Waals surface area contributed by atoms with Gasteiger partial charge in [-0.25, -0.2) is 0 Å². The molecule has 0 saturated carbocycles. The molecule has 26 heavy (non-hydrogen) atoms. The van der Waals surface area contributed by atoms with Gasteiger partial charge in [0.25, 0.3) is 0 Å². The fourth-order valence-corrected chi connectivity index (χ4v) is 2.40. The topological polar surface area (TPSA) is 105 Å². The van der Waals surface area contributed by atoms with E-state index in [9.17, 15) is 9.59 Å². The highest BCUT2D eigenvalue weighted by Gasteiger charge is 2.18. The third-order valence-corrected chi connectivity index (χ3v) is 3.77. The molecule has 0 aromatic heterocycles. The highest BCUT2D eigenvalue weighted by molar-refractivity contribution is 5.76. The maximum Gasteiger partial charge on any atom is 0.323 e. The van der Waals surface area contributed by atoms with Crippen LogP contribution in [0.3, 0.4) is 0 Å². The van der Waals surface area contributed by atoms with Gasteiger partial charge in [0.05, 0.1) is 0 Å². The second-order valence-corrected chi connectivity index (χ2v) is 5.93. The standard InChI is InChI=1S/C20H24N2O4/c21-17(13-15-7-3-1-4-8-15)19(23)25-11-12-26-20(24)18(22)14-16-9-5-2-6-10-16/h1-10,17-18H,11-14,21-22H2. The zero-order valence-electron chi connectivity index (χ0n) is 14.5. The highest BCUT2D eigenvalue weighted by Crippen LogP contribution is 2.04. The van der Waals surface area contributed by atoms with Gasteiger partial charge in [0, 0.05) is 0 Å². The molecule has 2 aromatic rings. The third kappa shape index (κ3) is 6.66. The number of carbonyl (C=O) groups is 2. The van der Waals surface area contributed by atoms with Gasteiger partial charge >= 0.3 is 11.9 Å². The molecule has 2 aromatic carbocycles. The Labute approximate surface area is 153 Å². The molecule has 0 aliphatic heterocycles. The van der Waals surface area contributed by atoms with Crippen molar-refractivity contribution in [2.45, 2.75) is 24.9 Å². The first-order valence-corrected chi connectivity index (χ1v) is 8.48. The smallest absolute Gasteiger partial charge is 0.323 e. The van der Waals surface area contributed by atoms with Crippen molar-refractivity contribution in [1.29, 1.82) is 0 Å². The summed E-state index contributed by atoms with van der Waals surface area (Å²) >= 11 is 0. The summed E-state index contributed by atoms with van der Waals surface area (Å²) in [7, 11) is 0. The SMILES string of the molecule is NC(Cc1ccccc1)C(=O)OCCOC(=O)C(N)Cc1ccccc1. The van der Waals surface area contributed by atoms with Crippen LogP contribution in [0.25, 0.3) is 0 Å². The molecule has 0 bridgehead atoms. The van der Waals surface area contributed by atoms with Gasteiger partial charge in [-0.1, -0.05) is 60.7 Å². The Hall–Kier alpha value is -2.70. The van der Waals surface area contributed by atoms with Gasteiger partial charge in [-0.2, -0.15) is 0 Å². The van der Waals surface area contributed by atoms with E-state index in [2.05, 4.69) is 0 Å². The molecule has 0 radical (unpaired) electrons. The lowest BCUT2D eigenvalue weighted by Crippen LogP contribution is -2.36. The van der Waals surface area contributed by atoms with Crippen molar-refractivity contribution in [3.8, 4) is 0 Å². The Morgan fingerprint density at radius 2 is 1.04 bits per heavy atom. The van der Waals surface area contributed by atoms with E-state index in [4.69, 9.17) is 20.9 Å². The number of hydrogen-bond acceptors (Lipinski definition) is 6. The Morgan fingerprint density at radius 1 is 0.692 bits per heavy atom. The highest BCUT2D eigenvalue weighted by atomic mass is 16.6. The number of carbonyl (C=O) groups excluding carboxylic acids is 2. The molecule has 4 N–H and O–H groups in total. The van der Waals surface area contributed by atoms with Crippen LogP contribution in [-0.2, 0) is 31.9 Å². The van der Waals surface area contributed by atoms with Gasteiger partial charge < -0.3 is 20.9 Å². The fourth-order valence-electron chi connectivity index (χ4n) is 2.40. The van der Waals surface area contributed by atoms with E-state index in [1.54, 1.807) is 0 Å². The maximum atomic E-state index is 11.9. The summed E-state index contributed by atoms with van der Waals surface area (Å²) in [5.41, 5.74) is 13.6. The molecule has 2 rings (SSSR count). The van der Waals surface area contributed by atoms with Gasteiger partial charge in [-0.05, 0) is 24.0 Å². The number of rotatable bonds is 9. The Morgan fingerprint density at radius 3 is 1.38 bits per heavy atom. The van der Waals surface area contributed by atoms with Crippen LogP contribution in [0, 0.1) is 0 Å². The maximum absolute atomic E-state index is 11.9. The Bertz CT molecular complexity index is 630. The average molecular weight is 356 g/mol. The second-order valence-electron chi connectivity index (χ2n) is 5.93. The van der Waals surface area contributed by atoms with Crippen LogP contribution in [0.2, 0.25) is 0 Å². The second kappa shape index (κ2) is 10.3. The molecular formula is C20H24N2O4. The molecular weight excluding hydrogens is 332 g/mol. The summed E-state index contributed by atoms with van der Waals surface area (Å²) < 4.78 is 10.1. The van der Waals surface area contributed by atoms with E-state index < -0.39 is 24.0 Å². The fraction of sp³-hybridized carbons (Fsp3) is 0.300. The minimum atomic E-state index is -0.756. The number of nitrogens with two attached hydrogens (primary N) is 2. The van der Waals surface area contributed by atoms with Crippen LogP contribution in [0.5, 0.6) is 0 Å². The predicted octanol–water partition coefficient (Wildman–Crippen LogP) is 1.21.